The topological polar surface area (TPSA) is 63.2 Å². The largest absolute Gasteiger partial charge is 0.268 e. The lowest BCUT2D eigenvalue weighted by Gasteiger charge is -2.06. The zero-order valence-corrected chi connectivity index (χ0v) is 12.8. The number of sulfonamides is 1. The molecule has 0 radical (unpaired) electrons. The van der Waals surface area contributed by atoms with Crippen LogP contribution in [0.15, 0.2) is 18.2 Å². The number of carbonyl (C=O) groups excluding carboxylic acids is 1. The minimum Gasteiger partial charge on any atom is -0.268 e. The molecule has 0 aliphatic rings. The maximum absolute atomic E-state index is 11.6. The monoisotopic (exact) mass is 451 g/mol. The normalized spacial score (nSPS) is 11.1. The molecule has 0 fully saturated rings. The first-order valence-corrected chi connectivity index (χ1v) is 7.82. The highest BCUT2D eigenvalue weighted by Gasteiger charge is 2.16. The molecule has 0 bridgehead atoms. The van der Waals surface area contributed by atoms with E-state index in [1.807, 2.05) is 49.9 Å². The van der Waals surface area contributed by atoms with Crippen molar-refractivity contribution >= 4 is 61.1 Å². The van der Waals surface area contributed by atoms with Crippen molar-refractivity contribution < 1.29 is 13.2 Å². The van der Waals surface area contributed by atoms with E-state index in [1.165, 1.54) is 0 Å². The Morgan fingerprint density at radius 3 is 2.13 bits per heavy atom. The van der Waals surface area contributed by atoms with Gasteiger partial charge in [-0.2, -0.15) is 0 Å². The van der Waals surface area contributed by atoms with Gasteiger partial charge in [-0.25, -0.2) is 13.1 Å². The Morgan fingerprint density at radius 2 is 1.73 bits per heavy atom. The number of amides is 1. The minimum atomic E-state index is -3.51. The van der Waals surface area contributed by atoms with Gasteiger partial charge in [0.15, 0.2) is 0 Å². The molecule has 1 rings (SSSR count). The van der Waals surface area contributed by atoms with Crippen molar-refractivity contribution in [3.8, 4) is 0 Å². The standard InChI is InChI=1S/C8H7I2NO3S/c1-15(13,14)11-8(12)7-5(9)3-2-4-6(7)10/h2-4H,1H3,(H,11,12). The van der Waals surface area contributed by atoms with Gasteiger partial charge in [0, 0.05) is 7.14 Å². The van der Waals surface area contributed by atoms with Crippen LogP contribution in [0, 0.1) is 7.14 Å². The molecule has 1 aromatic carbocycles. The van der Waals surface area contributed by atoms with Crippen LogP contribution >= 0.6 is 45.2 Å². The summed E-state index contributed by atoms with van der Waals surface area (Å²) in [7, 11) is -3.51. The Hall–Kier alpha value is 0.1000. The molecule has 0 aromatic heterocycles. The Kier molecular flexibility index (Phi) is 4.35. The number of hydrogen-bond acceptors (Lipinski definition) is 3. The maximum Gasteiger partial charge on any atom is 0.266 e. The van der Waals surface area contributed by atoms with Crippen LogP contribution in [0.2, 0.25) is 0 Å². The van der Waals surface area contributed by atoms with Crippen LogP contribution in [0.3, 0.4) is 0 Å². The lowest BCUT2D eigenvalue weighted by atomic mass is 10.2. The number of nitrogens with one attached hydrogen (secondary N) is 1. The van der Waals surface area contributed by atoms with E-state index in [1.54, 1.807) is 18.2 Å². The van der Waals surface area contributed by atoms with Crippen LogP contribution < -0.4 is 4.72 Å². The average Bonchev–Trinajstić information content (AvgIpc) is 1.99. The van der Waals surface area contributed by atoms with Crippen molar-refractivity contribution in [1.82, 2.24) is 4.72 Å². The molecule has 0 atom stereocenters. The van der Waals surface area contributed by atoms with E-state index >= 15 is 0 Å². The smallest absolute Gasteiger partial charge is 0.266 e. The summed E-state index contributed by atoms with van der Waals surface area (Å²) >= 11 is 3.98. The SMILES string of the molecule is CS(=O)(=O)NC(=O)c1c(I)cccc1I. The first-order valence-electron chi connectivity index (χ1n) is 3.77. The molecule has 0 saturated heterocycles. The van der Waals surface area contributed by atoms with Crippen molar-refractivity contribution in [2.45, 2.75) is 0 Å². The number of benzene rings is 1. The summed E-state index contributed by atoms with van der Waals surface area (Å²) in [5.74, 6) is -0.591. The average molecular weight is 451 g/mol. The zero-order chi connectivity index (χ0) is 11.6. The Balaban J connectivity index is 3.12. The van der Waals surface area contributed by atoms with E-state index in [0.717, 1.165) is 13.4 Å². The fraction of sp³-hybridized carbons (Fsp3) is 0.125. The summed E-state index contributed by atoms with van der Waals surface area (Å²) in [6.07, 6.45) is 0.952. The molecular weight excluding hydrogens is 444 g/mol. The fourth-order valence-corrected chi connectivity index (χ4v) is 3.38. The van der Waals surface area contributed by atoms with Gasteiger partial charge in [-0.15, -0.1) is 0 Å². The molecular formula is C8H7I2NO3S. The van der Waals surface area contributed by atoms with E-state index in [9.17, 15) is 13.2 Å². The first-order chi connectivity index (χ1) is 6.81. The van der Waals surface area contributed by atoms with Gasteiger partial charge in [0.05, 0.1) is 11.8 Å². The number of carbonyl (C=O) groups is 1. The molecule has 82 valence electrons. The highest BCUT2D eigenvalue weighted by molar-refractivity contribution is 14.1. The summed E-state index contributed by atoms with van der Waals surface area (Å²) in [6.45, 7) is 0. The van der Waals surface area contributed by atoms with Crippen LogP contribution in [-0.2, 0) is 10.0 Å². The summed E-state index contributed by atoms with van der Waals surface area (Å²) in [4.78, 5) is 11.6. The van der Waals surface area contributed by atoms with Crippen LogP contribution in [-0.4, -0.2) is 20.6 Å². The van der Waals surface area contributed by atoms with Crippen LogP contribution in [0.1, 0.15) is 10.4 Å². The number of rotatable bonds is 2. The molecule has 1 amide bonds. The highest BCUT2D eigenvalue weighted by atomic mass is 127. The van der Waals surface area contributed by atoms with E-state index in [0.29, 0.717) is 5.56 Å². The third kappa shape index (κ3) is 3.87. The second-order valence-corrected chi connectivity index (χ2v) is 6.87. The quantitative estimate of drug-likeness (QED) is 0.696. The highest BCUT2D eigenvalue weighted by Crippen LogP contribution is 2.18. The van der Waals surface area contributed by atoms with E-state index < -0.39 is 15.9 Å². The second kappa shape index (κ2) is 4.95. The summed E-state index contributed by atoms with van der Waals surface area (Å²) in [6, 6.07) is 5.31. The Labute approximate surface area is 115 Å². The van der Waals surface area contributed by atoms with E-state index in [4.69, 9.17) is 0 Å². The molecule has 0 aliphatic heterocycles. The van der Waals surface area contributed by atoms with Gasteiger partial charge in [0.2, 0.25) is 10.0 Å². The second-order valence-electron chi connectivity index (χ2n) is 2.80. The van der Waals surface area contributed by atoms with Gasteiger partial charge >= 0.3 is 0 Å². The summed E-state index contributed by atoms with van der Waals surface area (Å²) < 4.78 is 25.2. The van der Waals surface area contributed by atoms with Crippen LogP contribution in [0.25, 0.3) is 0 Å². The van der Waals surface area contributed by atoms with Gasteiger partial charge in [-0.3, -0.25) is 4.79 Å². The molecule has 0 unspecified atom stereocenters. The van der Waals surface area contributed by atoms with Gasteiger partial charge < -0.3 is 0 Å². The van der Waals surface area contributed by atoms with Crippen LogP contribution in [0.5, 0.6) is 0 Å². The predicted octanol–water partition coefficient (Wildman–Crippen LogP) is 1.59. The van der Waals surface area contributed by atoms with Crippen molar-refractivity contribution in [3.63, 3.8) is 0 Å². The molecule has 7 heteroatoms. The van der Waals surface area contributed by atoms with Gasteiger partial charge in [0.25, 0.3) is 5.91 Å². The molecule has 0 spiro atoms. The molecule has 0 heterocycles. The Bertz CT molecular complexity index is 478. The maximum atomic E-state index is 11.6. The molecule has 0 aliphatic carbocycles. The Morgan fingerprint density at radius 1 is 1.27 bits per heavy atom. The van der Waals surface area contributed by atoms with Gasteiger partial charge in [0.1, 0.15) is 0 Å². The van der Waals surface area contributed by atoms with Crippen LogP contribution in [0.4, 0.5) is 0 Å². The molecule has 0 saturated carbocycles. The van der Waals surface area contributed by atoms with E-state index in [2.05, 4.69) is 0 Å². The zero-order valence-electron chi connectivity index (χ0n) is 7.62. The first kappa shape index (κ1) is 13.2. The predicted molar refractivity (Wildman–Crippen MR) is 74.2 cm³/mol. The third-order valence-electron chi connectivity index (χ3n) is 1.47. The fourth-order valence-electron chi connectivity index (χ4n) is 0.934. The van der Waals surface area contributed by atoms with Crippen molar-refractivity contribution in [2.24, 2.45) is 0 Å². The van der Waals surface area contributed by atoms with Crippen molar-refractivity contribution in [2.75, 3.05) is 6.26 Å². The third-order valence-corrected chi connectivity index (χ3v) is 3.82. The molecule has 1 N–H and O–H groups in total. The van der Waals surface area contributed by atoms with Gasteiger partial charge in [-0.05, 0) is 57.3 Å². The molecule has 4 nitrogen and oxygen atoms in total. The minimum absolute atomic E-state index is 0.393. The summed E-state index contributed by atoms with van der Waals surface area (Å²) in [5, 5.41) is 0. The van der Waals surface area contributed by atoms with Crippen molar-refractivity contribution in [3.05, 3.63) is 30.9 Å². The lowest BCUT2D eigenvalue weighted by Crippen LogP contribution is -2.30. The van der Waals surface area contributed by atoms with E-state index in [-0.39, 0.29) is 0 Å². The molecule has 15 heavy (non-hydrogen) atoms. The van der Waals surface area contributed by atoms with Gasteiger partial charge in [-0.1, -0.05) is 6.07 Å². The van der Waals surface area contributed by atoms with Crippen molar-refractivity contribution in [1.29, 1.82) is 0 Å². The lowest BCUT2D eigenvalue weighted by molar-refractivity contribution is 0.0980. The molecule has 1 aromatic rings. The number of halogens is 2. The summed E-state index contributed by atoms with van der Waals surface area (Å²) in [5.41, 5.74) is 0.393. The number of hydrogen-bond donors (Lipinski definition) is 1.